The summed E-state index contributed by atoms with van der Waals surface area (Å²) in [7, 11) is 1.79. The molecule has 2 N–H and O–H groups in total. The molecule has 0 unspecified atom stereocenters. The maximum Gasteiger partial charge on any atom is 0.313 e. The highest BCUT2D eigenvalue weighted by atomic mass is 32.2. The van der Waals surface area contributed by atoms with E-state index in [1.54, 1.807) is 24.0 Å². The lowest BCUT2D eigenvalue weighted by molar-refractivity contribution is -0.133. The Morgan fingerprint density at radius 2 is 2.50 bits per heavy atom. The second-order valence-corrected chi connectivity index (χ2v) is 3.93. The van der Waals surface area contributed by atoms with E-state index in [0.717, 1.165) is 17.5 Å². The van der Waals surface area contributed by atoms with Crippen molar-refractivity contribution >= 4 is 17.7 Å². The number of hydrogen-bond acceptors (Lipinski definition) is 5. The number of carboxylic acids is 1. The maximum atomic E-state index is 10.4. The first-order chi connectivity index (χ1) is 7.66. The minimum absolute atomic E-state index is 0.0529. The molecule has 0 aromatic carbocycles. The van der Waals surface area contributed by atoms with E-state index in [2.05, 4.69) is 20.3 Å². The zero-order valence-electron chi connectivity index (χ0n) is 8.41. The molecule has 2 heterocycles. The van der Waals surface area contributed by atoms with Gasteiger partial charge in [-0.2, -0.15) is 10.1 Å². The monoisotopic (exact) mass is 239 g/mol. The molecule has 2 aromatic rings. The van der Waals surface area contributed by atoms with Gasteiger partial charge in [0.2, 0.25) is 5.16 Å². The van der Waals surface area contributed by atoms with Gasteiger partial charge in [0.15, 0.2) is 5.82 Å². The van der Waals surface area contributed by atoms with Gasteiger partial charge in [-0.15, -0.1) is 5.10 Å². The van der Waals surface area contributed by atoms with Crippen molar-refractivity contribution < 1.29 is 9.90 Å². The molecule has 0 atom stereocenters. The number of aliphatic carboxylic acids is 1. The molecule has 0 radical (unpaired) electrons. The highest BCUT2D eigenvalue weighted by Crippen LogP contribution is 2.17. The summed E-state index contributed by atoms with van der Waals surface area (Å²) >= 11 is 1.07. The topological polar surface area (TPSA) is 96.7 Å². The van der Waals surface area contributed by atoms with Crippen LogP contribution in [-0.4, -0.2) is 41.8 Å². The Morgan fingerprint density at radius 3 is 3.12 bits per heavy atom. The van der Waals surface area contributed by atoms with Crippen LogP contribution in [0.1, 0.15) is 0 Å². The quantitative estimate of drug-likeness (QED) is 0.749. The molecule has 0 bridgehead atoms. The van der Waals surface area contributed by atoms with Crippen molar-refractivity contribution in [3.8, 4) is 11.5 Å². The first kappa shape index (κ1) is 10.7. The highest BCUT2D eigenvalue weighted by Gasteiger charge is 2.10. The first-order valence-electron chi connectivity index (χ1n) is 4.42. The van der Waals surface area contributed by atoms with Crippen LogP contribution in [0.5, 0.6) is 0 Å². The lowest BCUT2D eigenvalue weighted by atomic mass is 10.4. The number of hydrogen-bond donors (Lipinski definition) is 2. The number of aryl methyl sites for hydroxylation is 1. The second-order valence-electron chi connectivity index (χ2n) is 2.99. The van der Waals surface area contributed by atoms with Crippen LogP contribution in [0.3, 0.4) is 0 Å². The number of nitrogens with zero attached hydrogens (tertiary/aromatic N) is 4. The van der Waals surface area contributed by atoms with Crippen LogP contribution >= 0.6 is 11.8 Å². The van der Waals surface area contributed by atoms with Gasteiger partial charge >= 0.3 is 5.97 Å². The summed E-state index contributed by atoms with van der Waals surface area (Å²) in [4.78, 5) is 14.5. The zero-order valence-corrected chi connectivity index (χ0v) is 9.23. The molecule has 0 spiro atoms. The standard InChI is InChI=1S/C8H9N5O2S/c1-13-5(2-3-9-13)7-10-8(12-11-7)16-4-6(14)15/h2-3H,4H2,1H3,(H,14,15)(H,10,11,12). The third-order valence-electron chi connectivity index (χ3n) is 1.85. The van der Waals surface area contributed by atoms with Crippen LogP contribution in [0.4, 0.5) is 0 Å². The first-order valence-corrected chi connectivity index (χ1v) is 5.41. The van der Waals surface area contributed by atoms with Gasteiger partial charge in [-0.3, -0.25) is 14.6 Å². The predicted molar refractivity (Wildman–Crippen MR) is 56.9 cm³/mol. The summed E-state index contributed by atoms with van der Waals surface area (Å²) in [5, 5.41) is 19.6. The van der Waals surface area contributed by atoms with Crippen molar-refractivity contribution in [1.29, 1.82) is 0 Å². The van der Waals surface area contributed by atoms with Crippen LogP contribution in [0.2, 0.25) is 0 Å². The lowest BCUT2D eigenvalue weighted by Crippen LogP contribution is -1.97. The Labute approximate surface area is 94.9 Å². The minimum atomic E-state index is -0.892. The Morgan fingerprint density at radius 1 is 1.69 bits per heavy atom. The van der Waals surface area contributed by atoms with E-state index < -0.39 is 5.97 Å². The molecular weight excluding hydrogens is 230 g/mol. The maximum absolute atomic E-state index is 10.4. The van der Waals surface area contributed by atoms with E-state index in [0.29, 0.717) is 11.0 Å². The Balaban J connectivity index is 2.14. The van der Waals surface area contributed by atoms with Crippen molar-refractivity contribution in [3.63, 3.8) is 0 Å². The number of carboxylic acid groups (broad SMARTS) is 1. The number of aromatic amines is 1. The average Bonchev–Trinajstić information content (AvgIpc) is 2.83. The summed E-state index contributed by atoms with van der Waals surface area (Å²) in [6.07, 6.45) is 1.65. The van der Waals surface area contributed by atoms with Gasteiger partial charge in [0.05, 0.1) is 5.75 Å². The Hall–Kier alpha value is -1.83. The van der Waals surface area contributed by atoms with E-state index in [4.69, 9.17) is 5.11 Å². The van der Waals surface area contributed by atoms with Crippen molar-refractivity contribution in [2.75, 3.05) is 5.75 Å². The van der Waals surface area contributed by atoms with Gasteiger partial charge < -0.3 is 5.11 Å². The van der Waals surface area contributed by atoms with Crippen molar-refractivity contribution in [1.82, 2.24) is 25.0 Å². The smallest absolute Gasteiger partial charge is 0.313 e. The third kappa shape index (κ3) is 2.22. The summed E-state index contributed by atoms with van der Waals surface area (Å²) in [5.41, 5.74) is 0.801. The molecule has 7 nitrogen and oxygen atoms in total. The average molecular weight is 239 g/mol. The molecule has 2 aromatic heterocycles. The van der Waals surface area contributed by atoms with Gasteiger partial charge in [-0.25, -0.2) is 0 Å². The molecule has 0 saturated heterocycles. The molecule has 0 fully saturated rings. The molecule has 0 aliphatic carbocycles. The molecule has 0 amide bonds. The molecule has 84 valence electrons. The summed E-state index contributed by atoms with van der Waals surface area (Å²) < 4.78 is 1.66. The van der Waals surface area contributed by atoms with Crippen molar-refractivity contribution in [2.45, 2.75) is 5.16 Å². The van der Waals surface area contributed by atoms with Gasteiger partial charge in [0, 0.05) is 13.2 Å². The number of rotatable bonds is 4. The van der Waals surface area contributed by atoms with Crippen LogP contribution < -0.4 is 0 Å². The molecule has 0 saturated carbocycles. The van der Waals surface area contributed by atoms with Gasteiger partial charge in [0.1, 0.15) is 5.69 Å². The molecule has 0 aliphatic heterocycles. The molecular formula is C8H9N5O2S. The fraction of sp³-hybridized carbons (Fsp3) is 0.250. The van der Waals surface area contributed by atoms with E-state index in [1.807, 2.05) is 0 Å². The fourth-order valence-electron chi connectivity index (χ4n) is 1.16. The van der Waals surface area contributed by atoms with Crippen LogP contribution in [0.15, 0.2) is 17.4 Å². The van der Waals surface area contributed by atoms with Crippen molar-refractivity contribution in [3.05, 3.63) is 12.3 Å². The third-order valence-corrected chi connectivity index (χ3v) is 2.69. The lowest BCUT2D eigenvalue weighted by Gasteiger charge is -1.94. The number of aromatic nitrogens is 5. The van der Waals surface area contributed by atoms with Gasteiger partial charge in [-0.1, -0.05) is 11.8 Å². The highest BCUT2D eigenvalue weighted by molar-refractivity contribution is 7.99. The molecule has 0 aliphatic rings. The zero-order chi connectivity index (χ0) is 11.5. The Kier molecular flexibility index (Phi) is 2.91. The van der Waals surface area contributed by atoms with E-state index in [1.165, 1.54) is 0 Å². The predicted octanol–water partition coefficient (Wildman–Crippen LogP) is 0.382. The van der Waals surface area contributed by atoms with Crippen LogP contribution in [0, 0.1) is 0 Å². The fourth-order valence-corrected chi connectivity index (χ4v) is 1.68. The number of thioether (sulfide) groups is 1. The van der Waals surface area contributed by atoms with E-state index in [-0.39, 0.29) is 5.75 Å². The van der Waals surface area contributed by atoms with Gasteiger partial charge in [0.25, 0.3) is 0 Å². The van der Waals surface area contributed by atoms with Crippen LogP contribution in [0.25, 0.3) is 11.5 Å². The molecule has 8 heteroatoms. The summed E-state index contributed by atoms with van der Waals surface area (Å²) in [6.45, 7) is 0. The van der Waals surface area contributed by atoms with E-state index in [9.17, 15) is 4.79 Å². The minimum Gasteiger partial charge on any atom is -0.481 e. The number of carbonyl (C=O) groups is 1. The Bertz CT molecular complexity index is 506. The van der Waals surface area contributed by atoms with E-state index >= 15 is 0 Å². The van der Waals surface area contributed by atoms with Crippen LogP contribution in [-0.2, 0) is 11.8 Å². The van der Waals surface area contributed by atoms with Crippen molar-refractivity contribution in [2.24, 2.45) is 7.05 Å². The van der Waals surface area contributed by atoms with Gasteiger partial charge in [-0.05, 0) is 6.07 Å². The number of H-pyrrole nitrogens is 1. The second kappa shape index (κ2) is 4.35. The number of nitrogens with one attached hydrogen (secondary N) is 1. The summed E-state index contributed by atoms with van der Waals surface area (Å²) in [5.74, 6) is -0.368. The normalized spacial score (nSPS) is 10.6. The summed E-state index contributed by atoms with van der Waals surface area (Å²) in [6, 6.07) is 1.80. The largest absolute Gasteiger partial charge is 0.481 e. The molecule has 2 rings (SSSR count). The SMILES string of the molecule is Cn1nccc1-c1nc(SCC(=O)O)n[nH]1. The molecule has 16 heavy (non-hydrogen) atoms.